The highest BCUT2D eigenvalue weighted by atomic mass is 16.2. The Hall–Kier alpha value is -2.08. The van der Waals surface area contributed by atoms with E-state index >= 15 is 0 Å². The normalized spacial score (nSPS) is 29.9. The number of unbranched alkanes of at least 4 members (excludes halogenated alkanes) is 2. The minimum absolute atomic E-state index is 0.0450. The van der Waals surface area contributed by atoms with Crippen molar-refractivity contribution >= 4 is 17.6 Å². The van der Waals surface area contributed by atoms with Crippen LogP contribution in [0.3, 0.4) is 0 Å². The zero-order chi connectivity index (χ0) is 23.4. The lowest BCUT2D eigenvalue weighted by atomic mass is 9.83. The van der Waals surface area contributed by atoms with Gasteiger partial charge in [-0.1, -0.05) is 37.5 Å². The number of rotatable bonds is 8. The van der Waals surface area contributed by atoms with Crippen molar-refractivity contribution in [2.75, 3.05) is 24.5 Å². The summed E-state index contributed by atoms with van der Waals surface area (Å²) in [5.74, 6) is 0.945. The zero-order valence-electron chi connectivity index (χ0n) is 20.6. The molecule has 6 nitrogen and oxygen atoms in total. The van der Waals surface area contributed by atoms with Gasteiger partial charge < -0.3 is 20.9 Å². The fraction of sp³-hybridized carbons (Fsp3) is 0.704. The molecule has 3 aliphatic heterocycles. The molecule has 6 heteroatoms. The van der Waals surface area contributed by atoms with Crippen LogP contribution < -0.4 is 16.0 Å². The van der Waals surface area contributed by atoms with E-state index in [1.165, 1.54) is 44.1 Å². The third kappa shape index (κ3) is 5.89. The van der Waals surface area contributed by atoms with Gasteiger partial charge in [-0.15, -0.1) is 0 Å². The first kappa shape index (κ1) is 24.1. The highest BCUT2D eigenvalue weighted by molar-refractivity contribution is 5.98. The summed E-state index contributed by atoms with van der Waals surface area (Å²) in [6.07, 6.45) is 11.3. The highest BCUT2D eigenvalue weighted by Crippen LogP contribution is 2.35. The van der Waals surface area contributed by atoms with Crippen LogP contribution >= 0.6 is 0 Å². The number of nitrogens with one attached hydrogen (secondary N) is 2. The summed E-state index contributed by atoms with van der Waals surface area (Å²) in [4.78, 5) is 17.5. The molecule has 0 bridgehead atoms. The Kier molecular flexibility index (Phi) is 7.62. The van der Waals surface area contributed by atoms with Crippen molar-refractivity contribution < 1.29 is 4.79 Å². The Morgan fingerprint density at radius 1 is 1.24 bits per heavy atom. The molecule has 0 spiro atoms. The first-order chi connectivity index (χ1) is 15.8. The first-order valence-corrected chi connectivity index (χ1v) is 13.1. The summed E-state index contributed by atoms with van der Waals surface area (Å²) < 4.78 is 0. The predicted molar refractivity (Wildman–Crippen MR) is 136 cm³/mol. The molecule has 3 heterocycles. The average Bonchev–Trinajstić information content (AvgIpc) is 3.24. The van der Waals surface area contributed by atoms with Gasteiger partial charge in [0.05, 0.1) is 0 Å². The highest BCUT2D eigenvalue weighted by Gasteiger charge is 2.36. The van der Waals surface area contributed by atoms with Crippen LogP contribution in [0.4, 0.5) is 5.69 Å². The third-order valence-corrected chi connectivity index (χ3v) is 8.18. The average molecular weight is 454 g/mol. The van der Waals surface area contributed by atoms with E-state index in [9.17, 15) is 4.79 Å². The molecule has 33 heavy (non-hydrogen) atoms. The largest absolute Gasteiger partial charge is 0.370 e. The molecular formula is C27H43N5O. The van der Waals surface area contributed by atoms with Gasteiger partial charge in [0, 0.05) is 42.8 Å². The van der Waals surface area contributed by atoms with Gasteiger partial charge in [-0.2, -0.15) is 0 Å². The van der Waals surface area contributed by atoms with Crippen LogP contribution in [0.15, 0.2) is 24.3 Å². The molecule has 0 aromatic heterocycles. The molecule has 2 unspecified atom stereocenters. The monoisotopic (exact) mass is 453 g/mol. The van der Waals surface area contributed by atoms with Gasteiger partial charge in [0.2, 0.25) is 5.91 Å². The SMILES string of the molecule is C[C@H]1CCC[C@@](C)(CCCCCN2C(=O)C(CC3CCN(C(=N)N)C3)Cc3ccccc32)N1. The van der Waals surface area contributed by atoms with E-state index in [1.54, 1.807) is 0 Å². The van der Waals surface area contributed by atoms with Crippen LogP contribution in [0.2, 0.25) is 0 Å². The summed E-state index contributed by atoms with van der Waals surface area (Å²) >= 11 is 0. The Labute approximate surface area is 199 Å². The van der Waals surface area contributed by atoms with E-state index in [2.05, 4.69) is 48.3 Å². The zero-order valence-corrected chi connectivity index (χ0v) is 20.6. The van der Waals surface area contributed by atoms with Gasteiger partial charge in [-0.3, -0.25) is 10.2 Å². The van der Waals surface area contributed by atoms with Crippen molar-refractivity contribution in [3.05, 3.63) is 29.8 Å². The molecule has 4 N–H and O–H groups in total. The Bertz CT molecular complexity index is 842. The van der Waals surface area contributed by atoms with Crippen molar-refractivity contribution in [3.63, 3.8) is 0 Å². The van der Waals surface area contributed by atoms with Crippen LogP contribution in [-0.2, 0) is 11.2 Å². The molecule has 1 aromatic carbocycles. The van der Waals surface area contributed by atoms with Crippen molar-refractivity contribution in [3.8, 4) is 0 Å². The molecule has 4 atom stereocenters. The topological polar surface area (TPSA) is 85.5 Å². The van der Waals surface area contributed by atoms with Gasteiger partial charge in [0.25, 0.3) is 0 Å². The number of para-hydroxylation sites is 1. The Morgan fingerprint density at radius 2 is 2.06 bits per heavy atom. The van der Waals surface area contributed by atoms with Crippen molar-refractivity contribution in [1.29, 1.82) is 5.41 Å². The second-order valence-corrected chi connectivity index (χ2v) is 11.1. The number of likely N-dealkylation sites (tertiary alicyclic amines) is 1. The van der Waals surface area contributed by atoms with Crippen molar-refractivity contribution in [2.45, 2.75) is 89.6 Å². The first-order valence-electron chi connectivity index (χ1n) is 13.1. The molecular weight excluding hydrogens is 410 g/mol. The second-order valence-electron chi connectivity index (χ2n) is 11.1. The number of nitrogens with zero attached hydrogens (tertiary/aromatic N) is 2. The van der Waals surface area contributed by atoms with E-state index in [4.69, 9.17) is 11.1 Å². The molecule has 3 aliphatic rings. The van der Waals surface area contributed by atoms with Gasteiger partial charge in [0.15, 0.2) is 5.96 Å². The standard InChI is InChI=1S/C27H43N5O/c1-20-9-8-14-27(2,30-20)13-6-3-7-15-32-24-11-5-4-10-22(24)18-23(25(32)33)17-21-12-16-31(19-21)26(28)29/h4-5,10-11,20-21,23,30H,3,6-9,12-19H2,1-2H3,(H3,28,29)/t20-,21?,23?,27+/m0/s1. The molecule has 0 saturated carbocycles. The van der Waals surface area contributed by atoms with E-state index in [0.717, 1.165) is 51.0 Å². The fourth-order valence-electron chi connectivity index (χ4n) is 6.40. The van der Waals surface area contributed by atoms with E-state index in [0.29, 0.717) is 17.9 Å². The van der Waals surface area contributed by atoms with Gasteiger partial charge in [0.1, 0.15) is 0 Å². The quantitative estimate of drug-likeness (QED) is 0.312. The van der Waals surface area contributed by atoms with Crippen molar-refractivity contribution in [1.82, 2.24) is 10.2 Å². The molecule has 0 aliphatic carbocycles. The number of anilines is 1. The number of hydrogen-bond donors (Lipinski definition) is 3. The summed E-state index contributed by atoms with van der Waals surface area (Å²) in [5.41, 5.74) is 8.38. The number of benzene rings is 1. The molecule has 1 amide bonds. The second kappa shape index (κ2) is 10.5. The molecule has 1 aromatic rings. The minimum atomic E-state index is 0.0450. The van der Waals surface area contributed by atoms with E-state index in [1.807, 2.05) is 4.90 Å². The van der Waals surface area contributed by atoms with Gasteiger partial charge in [-0.05, 0) is 76.3 Å². The van der Waals surface area contributed by atoms with Crippen LogP contribution in [0, 0.1) is 17.2 Å². The Morgan fingerprint density at radius 3 is 2.82 bits per heavy atom. The summed E-state index contributed by atoms with van der Waals surface area (Å²) in [7, 11) is 0. The summed E-state index contributed by atoms with van der Waals surface area (Å²) in [6.45, 7) is 7.15. The number of piperidine rings is 1. The van der Waals surface area contributed by atoms with E-state index < -0.39 is 0 Å². The maximum Gasteiger partial charge on any atom is 0.230 e. The Balaban J connectivity index is 1.31. The lowest BCUT2D eigenvalue weighted by Crippen LogP contribution is -2.50. The number of fused-ring (bicyclic) bond motifs is 1. The van der Waals surface area contributed by atoms with E-state index in [-0.39, 0.29) is 17.4 Å². The van der Waals surface area contributed by atoms with Crippen LogP contribution in [0.1, 0.15) is 77.2 Å². The molecule has 2 saturated heterocycles. The summed E-state index contributed by atoms with van der Waals surface area (Å²) in [5, 5.41) is 11.5. The number of carbonyl (C=O) groups is 1. The van der Waals surface area contributed by atoms with Crippen molar-refractivity contribution in [2.24, 2.45) is 17.6 Å². The summed E-state index contributed by atoms with van der Waals surface area (Å²) in [6, 6.07) is 9.08. The fourth-order valence-corrected chi connectivity index (χ4v) is 6.40. The molecule has 0 radical (unpaired) electrons. The molecule has 2 fully saturated rings. The number of guanidine groups is 1. The lowest BCUT2D eigenvalue weighted by Gasteiger charge is -2.39. The van der Waals surface area contributed by atoms with Crippen LogP contribution in [-0.4, -0.2) is 48.0 Å². The molecule has 4 rings (SSSR count). The minimum Gasteiger partial charge on any atom is -0.370 e. The number of hydrogen-bond acceptors (Lipinski definition) is 3. The van der Waals surface area contributed by atoms with Gasteiger partial charge in [-0.25, -0.2) is 0 Å². The third-order valence-electron chi connectivity index (χ3n) is 8.18. The smallest absolute Gasteiger partial charge is 0.230 e. The maximum absolute atomic E-state index is 13.5. The molecule has 182 valence electrons. The predicted octanol–water partition coefficient (Wildman–Crippen LogP) is 4.28. The number of nitrogens with two attached hydrogens (primary N) is 1. The van der Waals surface area contributed by atoms with Gasteiger partial charge >= 0.3 is 0 Å². The number of carbonyl (C=O) groups excluding carboxylic acids is 1. The van der Waals surface area contributed by atoms with Crippen LogP contribution in [0.25, 0.3) is 0 Å². The number of amides is 1. The lowest BCUT2D eigenvalue weighted by molar-refractivity contribution is -0.123. The van der Waals surface area contributed by atoms with Crippen LogP contribution in [0.5, 0.6) is 0 Å². The maximum atomic E-state index is 13.5.